The first kappa shape index (κ1) is 15.4. The maximum Gasteiger partial charge on any atom is 0.170 e. The lowest BCUT2D eigenvalue weighted by Crippen LogP contribution is -2.27. The molecule has 0 fully saturated rings. The molecule has 0 bridgehead atoms. The van der Waals surface area contributed by atoms with E-state index in [0.29, 0.717) is 24.3 Å². The number of nitrogens with one attached hydrogen (secondary N) is 1. The second kappa shape index (κ2) is 7.70. The van der Waals surface area contributed by atoms with Gasteiger partial charge in [-0.3, -0.25) is 0 Å². The van der Waals surface area contributed by atoms with Crippen LogP contribution in [0.1, 0.15) is 24.5 Å². The van der Waals surface area contributed by atoms with Crippen LogP contribution < -0.4 is 11.1 Å². The van der Waals surface area contributed by atoms with Crippen LogP contribution in [-0.4, -0.2) is 30.8 Å². The zero-order chi connectivity index (χ0) is 14.3. The Morgan fingerprint density at radius 3 is 2.89 bits per heavy atom. The molecule has 0 aliphatic heterocycles. The Morgan fingerprint density at radius 2 is 2.32 bits per heavy atom. The summed E-state index contributed by atoms with van der Waals surface area (Å²) in [6.45, 7) is 3.11. The van der Waals surface area contributed by atoms with Gasteiger partial charge in [0.15, 0.2) is 5.84 Å². The average molecular weight is 269 g/mol. The summed E-state index contributed by atoms with van der Waals surface area (Å²) in [7, 11) is 1.65. The molecule has 5 nitrogen and oxygen atoms in total. The van der Waals surface area contributed by atoms with Crippen LogP contribution in [0.2, 0.25) is 0 Å². The van der Waals surface area contributed by atoms with Crippen molar-refractivity contribution in [1.29, 1.82) is 0 Å². The van der Waals surface area contributed by atoms with Crippen LogP contribution in [0.3, 0.4) is 0 Å². The molecule has 6 heteroatoms. The summed E-state index contributed by atoms with van der Waals surface area (Å²) < 4.78 is 18.8. The molecule has 1 unspecified atom stereocenters. The predicted octanol–water partition coefficient (Wildman–Crippen LogP) is 1.43. The third kappa shape index (κ3) is 4.84. The van der Waals surface area contributed by atoms with Gasteiger partial charge in [-0.05, 0) is 19.4 Å². The summed E-state index contributed by atoms with van der Waals surface area (Å²) in [5.74, 6) is -0.484. The molecule has 1 atom stereocenters. The van der Waals surface area contributed by atoms with Gasteiger partial charge in [-0.1, -0.05) is 17.3 Å². The quantitative estimate of drug-likeness (QED) is 0.303. The standard InChI is InChI=1S/C13H20FN3O2/c1-9(5-6-19-2)16-8-11-4-3-10(7-12(11)14)13(15)17-18/h3-4,7,9,16,18H,5-6,8H2,1-2H3,(H2,15,17). The molecule has 1 aromatic carbocycles. The Hall–Kier alpha value is -1.66. The molecular formula is C13H20FN3O2. The fourth-order valence-corrected chi connectivity index (χ4v) is 1.59. The van der Waals surface area contributed by atoms with Crippen LogP contribution in [0.4, 0.5) is 4.39 Å². The van der Waals surface area contributed by atoms with Gasteiger partial charge in [0.05, 0.1) is 0 Å². The monoisotopic (exact) mass is 269 g/mol. The lowest BCUT2D eigenvalue weighted by atomic mass is 10.1. The van der Waals surface area contributed by atoms with E-state index in [-0.39, 0.29) is 17.7 Å². The first-order chi connectivity index (χ1) is 9.08. The normalized spacial score (nSPS) is 13.5. The summed E-state index contributed by atoms with van der Waals surface area (Å²) in [5, 5.41) is 14.6. The summed E-state index contributed by atoms with van der Waals surface area (Å²) in [6.07, 6.45) is 0.861. The van der Waals surface area contributed by atoms with E-state index in [9.17, 15) is 4.39 Å². The number of amidine groups is 1. The van der Waals surface area contributed by atoms with Crippen molar-refractivity contribution in [2.24, 2.45) is 10.9 Å². The second-order valence-corrected chi connectivity index (χ2v) is 4.35. The topological polar surface area (TPSA) is 79.9 Å². The minimum absolute atomic E-state index is 0.105. The van der Waals surface area contributed by atoms with Gasteiger partial charge >= 0.3 is 0 Å². The Kier molecular flexibility index (Phi) is 6.24. The molecule has 106 valence electrons. The van der Waals surface area contributed by atoms with E-state index in [1.807, 2.05) is 6.92 Å². The number of rotatable bonds is 7. The molecule has 0 radical (unpaired) electrons. The molecule has 19 heavy (non-hydrogen) atoms. The van der Waals surface area contributed by atoms with Gasteiger partial charge in [-0.2, -0.15) is 0 Å². The third-order valence-electron chi connectivity index (χ3n) is 2.85. The van der Waals surface area contributed by atoms with Crippen LogP contribution in [0.15, 0.2) is 23.4 Å². The number of nitrogens with zero attached hydrogens (tertiary/aromatic N) is 1. The summed E-state index contributed by atoms with van der Waals surface area (Å²) in [5.41, 5.74) is 6.29. The van der Waals surface area contributed by atoms with Gasteiger partial charge in [0.25, 0.3) is 0 Å². The van der Waals surface area contributed by atoms with E-state index in [1.54, 1.807) is 19.2 Å². The molecule has 0 saturated carbocycles. The highest BCUT2D eigenvalue weighted by Crippen LogP contribution is 2.11. The van der Waals surface area contributed by atoms with Gasteiger partial charge in [-0.25, -0.2) is 4.39 Å². The van der Waals surface area contributed by atoms with E-state index in [2.05, 4.69) is 10.5 Å². The Bertz CT molecular complexity index is 438. The Morgan fingerprint density at radius 1 is 1.58 bits per heavy atom. The molecule has 0 aliphatic rings. The van der Waals surface area contributed by atoms with Crippen LogP contribution >= 0.6 is 0 Å². The zero-order valence-electron chi connectivity index (χ0n) is 11.2. The lowest BCUT2D eigenvalue weighted by molar-refractivity contribution is 0.184. The SMILES string of the molecule is COCCC(C)NCc1ccc(C(N)=NO)cc1F. The average Bonchev–Trinajstić information content (AvgIpc) is 2.42. The molecular weight excluding hydrogens is 249 g/mol. The van der Waals surface area contributed by atoms with E-state index in [4.69, 9.17) is 15.7 Å². The van der Waals surface area contributed by atoms with Crippen molar-refractivity contribution in [2.75, 3.05) is 13.7 Å². The number of nitrogens with two attached hydrogens (primary N) is 1. The summed E-state index contributed by atoms with van der Waals surface area (Å²) in [4.78, 5) is 0. The maximum atomic E-state index is 13.8. The number of benzene rings is 1. The minimum Gasteiger partial charge on any atom is -0.409 e. The van der Waals surface area contributed by atoms with Crippen molar-refractivity contribution in [2.45, 2.75) is 25.9 Å². The second-order valence-electron chi connectivity index (χ2n) is 4.35. The van der Waals surface area contributed by atoms with Gasteiger partial charge in [0.2, 0.25) is 0 Å². The van der Waals surface area contributed by atoms with E-state index >= 15 is 0 Å². The highest BCUT2D eigenvalue weighted by atomic mass is 19.1. The van der Waals surface area contributed by atoms with Crippen LogP contribution in [-0.2, 0) is 11.3 Å². The third-order valence-corrected chi connectivity index (χ3v) is 2.85. The molecule has 0 saturated heterocycles. The molecule has 0 spiro atoms. The fraction of sp³-hybridized carbons (Fsp3) is 0.462. The van der Waals surface area contributed by atoms with Crippen molar-refractivity contribution in [3.8, 4) is 0 Å². The van der Waals surface area contributed by atoms with E-state index in [1.165, 1.54) is 6.07 Å². The molecule has 0 heterocycles. The van der Waals surface area contributed by atoms with Gasteiger partial charge in [-0.15, -0.1) is 0 Å². The first-order valence-corrected chi connectivity index (χ1v) is 6.07. The first-order valence-electron chi connectivity index (χ1n) is 6.07. The highest BCUT2D eigenvalue weighted by Gasteiger charge is 2.08. The van der Waals surface area contributed by atoms with Crippen molar-refractivity contribution in [1.82, 2.24) is 5.32 Å². The van der Waals surface area contributed by atoms with Gasteiger partial charge < -0.3 is 21.0 Å². The Labute approximate surface area is 112 Å². The number of ether oxygens (including phenoxy) is 1. The smallest absolute Gasteiger partial charge is 0.170 e. The largest absolute Gasteiger partial charge is 0.409 e. The molecule has 0 amide bonds. The van der Waals surface area contributed by atoms with E-state index in [0.717, 1.165) is 6.42 Å². The fourth-order valence-electron chi connectivity index (χ4n) is 1.59. The van der Waals surface area contributed by atoms with Crippen LogP contribution in [0.25, 0.3) is 0 Å². The van der Waals surface area contributed by atoms with Crippen molar-refractivity contribution in [3.63, 3.8) is 0 Å². The molecule has 1 aromatic rings. The van der Waals surface area contributed by atoms with Crippen molar-refractivity contribution >= 4 is 5.84 Å². The van der Waals surface area contributed by atoms with Gasteiger partial charge in [0.1, 0.15) is 5.82 Å². The predicted molar refractivity (Wildman–Crippen MR) is 71.7 cm³/mol. The van der Waals surface area contributed by atoms with Crippen LogP contribution in [0.5, 0.6) is 0 Å². The molecule has 0 aromatic heterocycles. The maximum absolute atomic E-state index is 13.8. The molecule has 1 rings (SSSR count). The van der Waals surface area contributed by atoms with Crippen molar-refractivity contribution in [3.05, 3.63) is 35.1 Å². The molecule has 4 N–H and O–H groups in total. The van der Waals surface area contributed by atoms with Crippen molar-refractivity contribution < 1.29 is 14.3 Å². The number of methoxy groups -OCH3 is 1. The lowest BCUT2D eigenvalue weighted by Gasteiger charge is -2.14. The van der Waals surface area contributed by atoms with Crippen LogP contribution in [0, 0.1) is 5.82 Å². The number of hydrogen-bond acceptors (Lipinski definition) is 4. The number of hydrogen-bond donors (Lipinski definition) is 3. The number of oxime groups is 1. The minimum atomic E-state index is -0.379. The highest BCUT2D eigenvalue weighted by molar-refractivity contribution is 5.97. The Balaban J connectivity index is 2.60. The number of halogens is 1. The molecule has 0 aliphatic carbocycles. The van der Waals surface area contributed by atoms with Gasteiger partial charge in [0, 0.05) is 37.4 Å². The summed E-state index contributed by atoms with van der Waals surface area (Å²) in [6, 6.07) is 4.74. The zero-order valence-corrected chi connectivity index (χ0v) is 11.2. The summed E-state index contributed by atoms with van der Waals surface area (Å²) >= 11 is 0. The van der Waals surface area contributed by atoms with E-state index < -0.39 is 0 Å².